The van der Waals surface area contributed by atoms with Gasteiger partial charge in [-0.1, -0.05) is 13.8 Å². The summed E-state index contributed by atoms with van der Waals surface area (Å²) < 4.78 is 0. The highest BCUT2D eigenvalue weighted by molar-refractivity contribution is 5.73. The molecule has 0 aromatic carbocycles. The molecule has 0 saturated heterocycles. The third-order valence-electron chi connectivity index (χ3n) is 1.36. The standard InChI is InChI=1S/C5H11NO2.C3H7NO2/c1-3(2)4(6)5(7)8;4-2-1-3(5)6/h3-4H,6H2,1-2H3,(H,7,8);1-2,4H2,(H,5,6)/t4-;/m1./s1. The molecule has 0 aliphatic heterocycles. The van der Waals surface area contributed by atoms with Gasteiger partial charge in [0.2, 0.25) is 0 Å². The maximum atomic E-state index is 10.0. The molecular formula is C8H18N2O4. The van der Waals surface area contributed by atoms with E-state index in [9.17, 15) is 9.59 Å². The first-order chi connectivity index (χ1) is 6.32. The average Bonchev–Trinajstić information content (AvgIpc) is 2.03. The lowest BCUT2D eigenvalue weighted by Gasteiger charge is -2.07. The first kappa shape index (κ1) is 15.3. The minimum Gasteiger partial charge on any atom is -0.481 e. The molecule has 0 amide bonds. The molecule has 0 aromatic heterocycles. The van der Waals surface area contributed by atoms with Gasteiger partial charge in [-0.15, -0.1) is 0 Å². The number of carbonyl (C=O) groups is 2. The van der Waals surface area contributed by atoms with Crippen molar-refractivity contribution in [3.8, 4) is 0 Å². The van der Waals surface area contributed by atoms with Crippen LogP contribution in [0.3, 0.4) is 0 Å². The maximum absolute atomic E-state index is 10.0. The normalized spacial score (nSPS) is 11.5. The minimum absolute atomic E-state index is 0.0208. The van der Waals surface area contributed by atoms with Crippen LogP contribution in [0.1, 0.15) is 20.3 Å². The van der Waals surface area contributed by atoms with E-state index in [1.54, 1.807) is 13.8 Å². The van der Waals surface area contributed by atoms with Crippen molar-refractivity contribution in [3.63, 3.8) is 0 Å². The van der Waals surface area contributed by atoms with Gasteiger partial charge in [-0.25, -0.2) is 0 Å². The van der Waals surface area contributed by atoms with Crippen LogP contribution in [0, 0.1) is 5.92 Å². The summed E-state index contributed by atoms with van der Waals surface area (Å²) in [7, 11) is 0. The van der Waals surface area contributed by atoms with Crippen LogP contribution in [-0.4, -0.2) is 34.7 Å². The van der Waals surface area contributed by atoms with E-state index in [0.717, 1.165) is 0 Å². The van der Waals surface area contributed by atoms with Gasteiger partial charge in [0.1, 0.15) is 6.04 Å². The summed E-state index contributed by atoms with van der Waals surface area (Å²) in [6.45, 7) is 3.78. The SMILES string of the molecule is CC(C)[C@@H](N)C(=O)O.NCCC(=O)O. The highest BCUT2D eigenvalue weighted by Gasteiger charge is 2.14. The van der Waals surface area contributed by atoms with Crippen molar-refractivity contribution in [1.82, 2.24) is 0 Å². The predicted molar refractivity (Wildman–Crippen MR) is 51.8 cm³/mol. The summed E-state index contributed by atoms with van der Waals surface area (Å²) in [5.74, 6) is -1.75. The number of rotatable bonds is 4. The molecule has 0 bridgehead atoms. The number of carboxylic acids is 2. The van der Waals surface area contributed by atoms with Gasteiger partial charge in [-0.2, -0.15) is 0 Å². The van der Waals surface area contributed by atoms with Crippen molar-refractivity contribution >= 4 is 11.9 Å². The number of aliphatic carboxylic acids is 2. The lowest BCUT2D eigenvalue weighted by Crippen LogP contribution is -2.34. The number of hydrogen-bond acceptors (Lipinski definition) is 4. The van der Waals surface area contributed by atoms with E-state index in [-0.39, 0.29) is 18.9 Å². The molecule has 84 valence electrons. The third kappa shape index (κ3) is 10.9. The number of carboxylic acid groups (broad SMARTS) is 2. The summed E-state index contributed by atoms with van der Waals surface area (Å²) in [4.78, 5) is 19.5. The fourth-order valence-corrected chi connectivity index (χ4v) is 0.409. The van der Waals surface area contributed by atoms with Gasteiger partial charge >= 0.3 is 11.9 Å². The van der Waals surface area contributed by atoms with E-state index >= 15 is 0 Å². The number of hydrogen-bond donors (Lipinski definition) is 4. The zero-order valence-electron chi connectivity index (χ0n) is 8.43. The molecular weight excluding hydrogens is 188 g/mol. The van der Waals surface area contributed by atoms with Crippen molar-refractivity contribution in [2.75, 3.05) is 6.54 Å². The highest BCUT2D eigenvalue weighted by atomic mass is 16.4. The molecule has 6 N–H and O–H groups in total. The molecule has 14 heavy (non-hydrogen) atoms. The van der Waals surface area contributed by atoms with Crippen molar-refractivity contribution < 1.29 is 19.8 Å². The smallest absolute Gasteiger partial charge is 0.320 e. The van der Waals surface area contributed by atoms with E-state index in [4.69, 9.17) is 21.7 Å². The van der Waals surface area contributed by atoms with Gasteiger partial charge < -0.3 is 21.7 Å². The van der Waals surface area contributed by atoms with Crippen LogP contribution < -0.4 is 11.5 Å². The molecule has 0 saturated carbocycles. The second kappa shape index (κ2) is 8.46. The van der Waals surface area contributed by atoms with Gasteiger partial charge in [0.15, 0.2) is 0 Å². The fourth-order valence-electron chi connectivity index (χ4n) is 0.409. The van der Waals surface area contributed by atoms with Gasteiger partial charge in [0.05, 0.1) is 6.42 Å². The topological polar surface area (TPSA) is 127 Å². The Morgan fingerprint density at radius 1 is 1.29 bits per heavy atom. The lowest BCUT2D eigenvalue weighted by molar-refractivity contribution is -0.139. The predicted octanol–water partition coefficient (Wildman–Crippen LogP) is -0.526. The Kier molecular flexibility index (Phi) is 9.27. The Morgan fingerprint density at radius 3 is 1.71 bits per heavy atom. The Balaban J connectivity index is 0. The van der Waals surface area contributed by atoms with Crippen LogP contribution in [0.4, 0.5) is 0 Å². The van der Waals surface area contributed by atoms with Crippen LogP contribution in [0.5, 0.6) is 0 Å². The number of nitrogens with two attached hydrogens (primary N) is 2. The largest absolute Gasteiger partial charge is 0.481 e. The first-order valence-corrected chi connectivity index (χ1v) is 4.23. The van der Waals surface area contributed by atoms with E-state index < -0.39 is 18.0 Å². The zero-order chi connectivity index (χ0) is 11.7. The highest BCUT2D eigenvalue weighted by Crippen LogP contribution is 1.96. The maximum Gasteiger partial charge on any atom is 0.320 e. The molecule has 0 aliphatic rings. The molecule has 0 fully saturated rings. The van der Waals surface area contributed by atoms with Gasteiger partial charge in [-0.3, -0.25) is 9.59 Å². The van der Waals surface area contributed by atoms with Crippen molar-refractivity contribution in [2.24, 2.45) is 17.4 Å². The van der Waals surface area contributed by atoms with Crippen LogP contribution in [0.25, 0.3) is 0 Å². The zero-order valence-corrected chi connectivity index (χ0v) is 8.43. The van der Waals surface area contributed by atoms with Gasteiger partial charge in [-0.05, 0) is 5.92 Å². The van der Waals surface area contributed by atoms with E-state index in [2.05, 4.69) is 0 Å². The molecule has 0 aliphatic carbocycles. The summed E-state index contributed by atoms with van der Waals surface area (Å²) >= 11 is 0. The molecule has 1 atom stereocenters. The molecule has 0 aromatic rings. The van der Waals surface area contributed by atoms with Crippen LogP contribution >= 0.6 is 0 Å². The Morgan fingerprint density at radius 2 is 1.71 bits per heavy atom. The van der Waals surface area contributed by atoms with Crippen LogP contribution in [0.15, 0.2) is 0 Å². The Labute approximate surface area is 82.9 Å². The summed E-state index contributed by atoms with van der Waals surface area (Å²) in [6, 6.07) is -0.713. The Bertz CT molecular complexity index is 182. The summed E-state index contributed by atoms with van der Waals surface area (Å²) in [6.07, 6.45) is 0.0694. The van der Waals surface area contributed by atoms with Gasteiger partial charge in [0, 0.05) is 6.54 Å². The van der Waals surface area contributed by atoms with Crippen molar-refractivity contribution in [3.05, 3.63) is 0 Å². The van der Waals surface area contributed by atoms with Crippen LogP contribution in [-0.2, 0) is 9.59 Å². The summed E-state index contributed by atoms with van der Waals surface area (Å²) in [5, 5.41) is 16.1. The molecule has 0 radical (unpaired) electrons. The van der Waals surface area contributed by atoms with E-state index in [0.29, 0.717) is 0 Å². The van der Waals surface area contributed by atoms with Gasteiger partial charge in [0.25, 0.3) is 0 Å². The van der Waals surface area contributed by atoms with Crippen molar-refractivity contribution in [2.45, 2.75) is 26.3 Å². The molecule has 0 spiro atoms. The molecule has 6 nitrogen and oxygen atoms in total. The molecule has 0 rings (SSSR count). The fraction of sp³-hybridized carbons (Fsp3) is 0.750. The van der Waals surface area contributed by atoms with Crippen LogP contribution in [0.2, 0.25) is 0 Å². The molecule has 6 heteroatoms. The second-order valence-electron chi connectivity index (χ2n) is 3.04. The lowest BCUT2D eigenvalue weighted by atomic mass is 10.1. The first-order valence-electron chi connectivity index (χ1n) is 4.23. The monoisotopic (exact) mass is 206 g/mol. The summed E-state index contributed by atoms with van der Waals surface area (Å²) in [5.41, 5.74) is 10.0. The van der Waals surface area contributed by atoms with E-state index in [1.165, 1.54) is 0 Å². The van der Waals surface area contributed by atoms with Crippen molar-refractivity contribution in [1.29, 1.82) is 0 Å². The second-order valence-corrected chi connectivity index (χ2v) is 3.04. The quantitative estimate of drug-likeness (QED) is 0.490. The third-order valence-corrected chi connectivity index (χ3v) is 1.36. The Hall–Kier alpha value is -1.14. The average molecular weight is 206 g/mol. The molecule has 0 heterocycles. The minimum atomic E-state index is -0.931. The van der Waals surface area contributed by atoms with E-state index in [1.807, 2.05) is 0 Å². The molecule has 0 unspecified atom stereocenters.